The summed E-state index contributed by atoms with van der Waals surface area (Å²) < 4.78 is 34.5. The molecule has 0 amide bonds. The largest absolute Gasteiger partial charge is 0.383 e. The Balaban J connectivity index is 1.21. The molecule has 2 fully saturated rings. The molecule has 0 bridgehead atoms. The van der Waals surface area contributed by atoms with Crippen molar-refractivity contribution in [3.05, 3.63) is 95.6 Å². The van der Waals surface area contributed by atoms with Gasteiger partial charge in [-0.1, -0.05) is 66.8 Å². The molecule has 4 rings (SSSR count). The van der Waals surface area contributed by atoms with Crippen molar-refractivity contribution in [2.45, 2.75) is 95.5 Å². The van der Waals surface area contributed by atoms with Crippen LogP contribution in [0.15, 0.2) is 73.3 Å². The highest BCUT2D eigenvalue weighted by Gasteiger charge is 2.33. The first-order valence-corrected chi connectivity index (χ1v) is 14.4. The minimum Gasteiger partial charge on any atom is -0.316 e. The summed E-state index contributed by atoms with van der Waals surface area (Å²) in [4.78, 5) is 0. The number of hydrogen-bond acceptors (Lipinski definition) is 1. The van der Waals surface area contributed by atoms with Gasteiger partial charge in [-0.15, -0.1) is 6.58 Å². The zero-order valence-electron chi connectivity index (χ0n) is 22.5. The van der Waals surface area contributed by atoms with Gasteiger partial charge in [-0.3, -0.25) is 0 Å². The maximum absolute atomic E-state index is 14.7. The number of rotatable bonds is 11. The van der Waals surface area contributed by atoms with Crippen LogP contribution in [0.3, 0.4) is 0 Å². The number of benzene rings is 2. The van der Waals surface area contributed by atoms with Crippen LogP contribution < -0.4 is 0 Å². The van der Waals surface area contributed by atoms with Gasteiger partial charge in [0.1, 0.15) is 0 Å². The van der Waals surface area contributed by atoms with E-state index in [-0.39, 0.29) is 12.2 Å². The molecular weight excluding hydrogens is 462 g/mol. The number of hydrogen-bond donors (Lipinski definition) is 0. The first-order chi connectivity index (χ1) is 18.0. The predicted octanol–water partition coefficient (Wildman–Crippen LogP) is 10.1. The summed E-state index contributed by atoms with van der Waals surface area (Å²) in [5.41, 5.74) is 3.53. The Kier molecular flexibility index (Phi) is 10.1. The Bertz CT molecular complexity index is 975. The lowest BCUT2D eigenvalue weighted by molar-refractivity contribution is -0.248. The maximum Gasteiger partial charge on any atom is 0.383 e. The molecule has 2 aromatic rings. The fourth-order valence-electron chi connectivity index (χ4n) is 6.26. The van der Waals surface area contributed by atoms with Crippen LogP contribution in [0.1, 0.15) is 105 Å². The van der Waals surface area contributed by atoms with Gasteiger partial charge in [0.25, 0.3) is 0 Å². The third kappa shape index (κ3) is 7.87. The first-order valence-electron chi connectivity index (χ1n) is 14.4. The molecule has 0 saturated heterocycles. The summed E-state index contributed by atoms with van der Waals surface area (Å²) in [7, 11) is 0. The molecule has 2 saturated carbocycles. The normalized spacial score (nSPS) is 24.8. The fourth-order valence-corrected chi connectivity index (χ4v) is 6.26. The van der Waals surface area contributed by atoms with E-state index in [4.69, 9.17) is 4.74 Å². The standard InChI is InChI=1S/C34H44F2O/c1-3-5-6-7-27-10-16-30(17-11-27)31-18-12-28(13-19-31)24-25-37-34(35,36)33-22-20-32(21-23-33)29-14-8-26(4-2)9-15-29/h3-5,12-13,18-23,26-27,29-30H,2,6-11,14-17,24-25H2,1H3/b5-3+. The lowest BCUT2D eigenvalue weighted by Gasteiger charge is -2.28. The smallest absolute Gasteiger partial charge is 0.316 e. The van der Waals surface area contributed by atoms with Crippen molar-refractivity contribution in [2.24, 2.45) is 11.8 Å². The summed E-state index contributed by atoms with van der Waals surface area (Å²) in [5, 5.41) is 0. The zero-order chi connectivity index (χ0) is 26.1. The third-order valence-corrected chi connectivity index (χ3v) is 8.77. The molecule has 0 atom stereocenters. The molecule has 2 aliphatic carbocycles. The second kappa shape index (κ2) is 13.5. The van der Waals surface area contributed by atoms with E-state index in [0.29, 0.717) is 24.2 Å². The Morgan fingerprint density at radius 3 is 1.97 bits per heavy atom. The van der Waals surface area contributed by atoms with Crippen LogP contribution in [0.2, 0.25) is 0 Å². The average molecular weight is 507 g/mol. The molecule has 37 heavy (non-hydrogen) atoms. The molecule has 1 nitrogen and oxygen atoms in total. The highest BCUT2D eigenvalue weighted by Crippen LogP contribution is 2.39. The quantitative estimate of drug-likeness (QED) is 0.275. The lowest BCUT2D eigenvalue weighted by atomic mass is 9.77. The van der Waals surface area contributed by atoms with E-state index < -0.39 is 6.11 Å². The van der Waals surface area contributed by atoms with E-state index in [2.05, 4.69) is 49.9 Å². The van der Waals surface area contributed by atoms with Gasteiger partial charge in [-0.25, -0.2) is 0 Å². The lowest BCUT2D eigenvalue weighted by Crippen LogP contribution is -2.20. The molecule has 0 heterocycles. The van der Waals surface area contributed by atoms with E-state index in [9.17, 15) is 8.78 Å². The SMILES string of the molecule is C=CC1CCC(c2ccc(C(F)(F)OCCc3ccc(C4CCC(CC/C=C/C)CC4)cc3)cc2)CC1. The Morgan fingerprint density at radius 2 is 1.41 bits per heavy atom. The molecule has 0 unspecified atom stereocenters. The summed E-state index contributed by atoms with van der Waals surface area (Å²) in [5.74, 6) is 2.55. The summed E-state index contributed by atoms with van der Waals surface area (Å²) in [6.07, 6.45) is 15.8. The van der Waals surface area contributed by atoms with Gasteiger partial charge < -0.3 is 4.74 Å². The van der Waals surface area contributed by atoms with Gasteiger partial charge in [-0.05, 0) is 118 Å². The average Bonchev–Trinajstić information content (AvgIpc) is 2.94. The summed E-state index contributed by atoms with van der Waals surface area (Å²) in [6, 6.07) is 15.4. The predicted molar refractivity (Wildman–Crippen MR) is 150 cm³/mol. The van der Waals surface area contributed by atoms with Crippen LogP contribution in [0.25, 0.3) is 0 Å². The van der Waals surface area contributed by atoms with Crippen LogP contribution in [0.5, 0.6) is 0 Å². The van der Waals surface area contributed by atoms with Crippen molar-refractivity contribution in [1.29, 1.82) is 0 Å². The summed E-state index contributed by atoms with van der Waals surface area (Å²) >= 11 is 0. The third-order valence-electron chi connectivity index (χ3n) is 8.77. The van der Waals surface area contributed by atoms with E-state index >= 15 is 0 Å². The molecule has 0 aliphatic heterocycles. The van der Waals surface area contributed by atoms with E-state index in [1.807, 2.05) is 18.2 Å². The fraction of sp³-hybridized carbons (Fsp3) is 0.529. The van der Waals surface area contributed by atoms with Crippen molar-refractivity contribution in [3.63, 3.8) is 0 Å². The molecule has 0 radical (unpaired) electrons. The highest BCUT2D eigenvalue weighted by molar-refractivity contribution is 5.28. The van der Waals surface area contributed by atoms with Crippen LogP contribution in [0, 0.1) is 11.8 Å². The second-order valence-corrected chi connectivity index (χ2v) is 11.2. The van der Waals surface area contributed by atoms with Crippen LogP contribution in [-0.2, 0) is 17.3 Å². The van der Waals surface area contributed by atoms with E-state index in [1.165, 1.54) is 44.1 Å². The second-order valence-electron chi connectivity index (χ2n) is 11.2. The number of ether oxygens (including phenoxy) is 1. The maximum atomic E-state index is 14.7. The molecule has 3 heteroatoms. The molecule has 200 valence electrons. The minimum atomic E-state index is -3.27. The van der Waals surface area contributed by atoms with E-state index in [1.54, 1.807) is 12.1 Å². The van der Waals surface area contributed by atoms with Crippen LogP contribution in [0.4, 0.5) is 8.78 Å². The Labute approximate surface area is 223 Å². The Morgan fingerprint density at radius 1 is 0.838 bits per heavy atom. The number of halogens is 2. The van der Waals surface area contributed by atoms with Crippen molar-refractivity contribution in [2.75, 3.05) is 6.61 Å². The Hall–Kier alpha value is -2.26. The van der Waals surface area contributed by atoms with Crippen molar-refractivity contribution >= 4 is 0 Å². The van der Waals surface area contributed by atoms with Gasteiger partial charge in [0, 0.05) is 0 Å². The number of alkyl halides is 2. The van der Waals surface area contributed by atoms with Crippen molar-refractivity contribution in [3.8, 4) is 0 Å². The minimum absolute atomic E-state index is 0.00300. The summed E-state index contributed by atoms with van der Waals surface area (Å²) in [6.45, 7) is 5.99. The van der Waals surface area contributed by atoms with E-state index in [0.717, 1.165) is 42.7 Å². The molecule has 0 N–H and O–H groups in total. The highest BCUT2D eigenvalue weighted by atomic mass is 19.3. The van der Waals surface area contributed by atoms with Crippen molar-refractivity contribution in [1.82, 2.24) is 0 Å². The molecule has 2 aromatic carbocycles. The topological polar surface area (TPSA) is 9.23 Å². The number of allylic oxidation sites excluding steroid dienone is 3. The molecular formula is C34H44F2O. The zero-order valence-corrected chi connectivity index (χ0v) is 22.5. The van der Waals surface area contributed by atoms with Gasteiger partial charge in [0.2, 0.25) is 0 Å². The molecule has 0 spiro atoms. The van der Waals surface area contributed by atoms with Crippen molar-refractivity contribution < 1.29 is 13.5 Å². The van der Waals surface area contributed by atoms with Gasteiger partial charge in [0.05, 0.1) is 12.2 Å². The van der Waals surface area contributed by atoms with Crippen LogP contribution in [-0.4, -0.2) is 6.61 Å². The van der Waals surface area contributed by atoms with Gasteiger partial charge >= 0.3 is 6.11 Å². The monoisotopic (exact) mass is 506 g/mol. The molecule has 2 aliphatic rings. The van der Waals surface area contributed by atoms with Crippen LogP contribution >= 0.6 is 0 Å². The first kappa shape index (κ1) is 27.8. The van der Waals surface area contributed by atoms with Gasteiger partial charge in [0.15, 0.2) is 0 Å². The van der Waals surface area contributed by atoms with Gasteiger partial charge in [-0.2, -0.15) is 8.78 Å². The molecule has 0 aromatic heterocycles.